The van der Waals surface area contributed by atoms with E-state index in [0.717, 1.165) is 12.8 Å². The number of benzene rings is 1. The summed E-state index contributed by atoms with van der Waals surface area (Å²) < 4.78 is 5.51. The van der Waals surface area contributed by atoms with Crippen LogP contribution in [0.25, 0.3) is 0 Å². The van der Waals surface area contributed by atoms with Crippen LogP contribution in [0.1, 0.15) is 29.8 Å². The van der Waals surface area contributed by atoms with Crippen LogP contribution < -0.4 is 4.74 Å². The number of rotatable bonds is 5. The summed E-state index contributed by atoms with van der Waals surface area (Å²) in [6.45, 7) is 2.72. The first kappa shape index (κ1) is 16.4. The third-order valence-electron chi connectivity index (χ3n) is 4.21. The fraction of sp³-hybridized carbons (Fsp3) is 0.353. The van der Waals surface area contributed by atoms with Gasteiger partial charge in [-0.3, -0.25) is 14.9 Å². The van der Waals surface area contributed by atoms with Crippen molar-refractivity contribution in [3.63, 3.8) is 0 Å². The van der Waals surface area contributed by atoms with Gasteiger partial charge in [0.1, 0.15) is 5.75 Å². The van der Waals surface area contributed by atoms with Gasteiger partial charge in [-0.05, 0) is 42.0 Å². The van der Waals surface area contributed by atoms with Crippen molar-refractivity contribution >= 4 is 22.9 Å². The number of amides is 1. The summed E-state index contributed by atoms with van der Waals surface area (Å²) in [5, 5.41) is 12.7. The number of hydrogen-bond acceptors (Lipinski definition) is 5. The van der Waals surface area contributed by atoms with Crippen LogP contribution in [0, 0.1) is 10.1 Å². The molecule has 24 heavy (non-hydrogen) atoms. The molecule has 1 atom stereocenters. The van der Waals surface area contributed by atoms with E-state index in [-0.39, 0.29) is 24.2 Å². The molecule has 2 aromatic rings. The van der Waals surface area contributed by atoms with Crippen LogP contribution in [0.15, 0.2) is 35.7 Å². The summed E-state index contributed by atoms with van der Waals surface area (Å²) in [4.78, 5) is 26.0. The molecule has 6 nitrogen and oxygen atoms in total. The molecule has 0 unspecified atom stereocenters. The largest absolute Gasteiger partial charge is 0.484 e. The molecule has 1 aliphatic rings. The lowest BCUT2D eigenvalue weighted by atomic mass is 9.98. The van der Waals surface area contributed by atoms with Gasteiger partial charge in [-0.2, -0.15) is 0 Å². The average Bonchev–Trinajstić information content (AvgIpc) is 3.07. The van der Waals surface area contributed by atoms with Crippen LogP contribution in [-0.2, 0) is 11.2 Å². The van der Waals surface area contributed by atoms with Crippen molar-refractivity contribution in [1.29, 1.82) is 0 Å². The van der Waals surface area contributed by atoms with E-state index < -0.39 is 4.92 Å². The number of thiophene rings is 1. The van der Waals surface area contributed by atoms with Crippen molar-refractivity contribution in [3.8, 4) is 5.75 Å². The minimum atomic E-state index is -0.465. The van der Waals surface area contributed by atoms with E-state index in [1.165, 1.54) is 34.7 Å². The molecule has 1 aliphatic heterocycles. The molecule has 0 bridgehead atoms. The fourth-order valence-corrected chi connectivity index (χ4v) is 3.96. The van der Waals surface area contributed by atoms with Crippen molar-refractivity contribution in [1.82, 2.24) is 4.90 Å². The maximum absolute atomic E-state index is 12.5. The number of nitro benzene ring substituents is 1. The second-order valence-corrected chi connectivity index (χ2v) is 6.60. The SMILES string of the molecule is CC[C@@H]1c2ccsc2CCN1C(=O)COc1ccc([N+](=O)[O-])cc1. The standard InChI is InChI=1S/C17H18N2O4S/c1-2-15-14-8-10-24-16(14)7-9-18(15)17(20)11-23-13-5-3-12(4-6-13)19(21)22/h3-6,8,10,15H,2,7,9,11H2,1H3/t15-/m1/s1. The van der Waals surface area contributed by atoms with Gasteiger partial charge in [0, 0.05) is 23.6 Å². The Bertz CT molecular complexity index is 741. The van der Waals surface area contributed by atoms with Crippen LogP contribution in [-0.4, -0.2) is 28.9 Å². The molecule has 3 rings (SSSR count). The Morgan fingerprint density at radius 3 is 2.79 bits per heavy atom. The number of carbonyl (C=O) groups is 1. The number of nitro groups is 1. The Kier molecular flexibility index (Phi) is 4.80. The maximum atomic E-state index is 12.5. The van der Waals surface area contributed by atoms with Crippen molar-refractivity contribution in [2.24, 2.45) is 0 Å². The van der Waals surface area contributed by atoms with Gasteiger partial charge in [-0.15, -0.1) is 11.3 Å². The number of non-ortho nitro benzene ring substituents is 1. The molecule has 0 saturated carbocycles. The molecule has 126 valence electrons. The van der Waals surface area contributed by atoms with E-state index in [0.29, 0.717) is 12.3 Å². The van der Waals surface area contributed by atoms with E-state index >= 15 is 0 Å². The molecule has 2 heterocycles. The van der Waals surface area contributed by atoms with Gasteiger partial charge in [0.25, 0.3) is 11.6 Å². The van der Waals surface area contributed by atoms with Gasteiger partial charge >= 0.3 is 0 Å². The molecule has 1 aromatic carbocycles. The molecular formula is C17H18N2O4S. The normalized spacial score (nSPS) is 16.5. The molecular weight excluding hydrogens is 328 g/mol. The minimum Gasteiger partial charge on any atom is -0.484 e. The van der Waals surface area contributed by atoms with E-state index in [4.69, 9.17) is 4.74 Å². The van der Waals surface area contributed by atoms with E-state index in [2.05, 4.69) is 18.4 Å². The van der Waals surface area contributed by atoms with Crippen LogP contribution in [0.5, 0.6) is 5.75 Å². The van der Waals surface area contributed by atoms with Gasteiger partial charge < -0.3 is 9.64 Å². The van der Waals surface area contributed by atoms with Crippen LogP contribution in [0.2, 0.25) is 0 Å². The quantitative estimate of drug-likeness (QED) is 0.613. The highest BCUT2D eigenvalue weighted by atomic mass is 32.1. The highest BCUT2D eigenvalue weighted by Crippen LogP contribution is 2.35. The first-order valence-electron chi connectivity index (χ1n) is 7.83. The summed E-state index contributed by atoms with van der Waals surface area (Å²) >= 11 is 1.75. The van der Waals surface area contributed by atoms with Gasteiger partial charge in [0.05, 0.1) is 11.0 Å². The third-order valence-corrected chi connectivity index (χ3v) is 5.21. The lowest BCUT2D eigenvalue weighted by molar-refractivity contribution is -0.384. The first-order chi connectivity index (χ1) is 11.6. The zero-order valence-electron chi connectivity index (χ0n) is 13.3. The second kappa shape index (κ2) is 7.00. The Labute approximate surface area is 143 Å². The highest BCUT2D eigenvalue weighted by Gasteiger charge is 2.30. The van der Waals surface area contributed by atoms with Gasteiger partial charge in [0.2, 0.25) is 0 Å². The summed E-state index contributed by atoms with van der Waals surface area (Å²) in [7, 11) is 0. The summed E-state index contributed by atoms with van der Waals surface area (Å²) in [6.07, 6.45) is 1.75. The van der Waals surface area contributed by atoms with E-state index in [1.807, 2.05) is 4.90 Å². The lowest BCUT2D eigenvalue weighted by Crippen LogP contribution is -2.41. The van der Waals surface area contributed by atoms with Crippen LogP contribution in [0.4, 0.5) is 5.69 Å². The average molecular weight is 346 g/mol. The van der Waals surface area contributed by atoms with Crippen LogP contribution >= 0.6 is 11.3 Å². The van der Waals surface area contributed by atoms with Gasteiger partial charge in [0.15, 0.2) is 6.61 Å². The van der Waals surface area contributed by atoms with E-state index in [1.54, 1.807) is 11.3 Å². The highest BCUT2D eigenvalue weighted by molar-refractivity contribution is 7.10. The third kappa shape index (κ3) is 3.26. The van der Waals surface area contributed by atoms with Crippen molar-refractivity contribution in [2.45, 2.75) is 25.8 Å². The molecule has 0 saturated heterocycles. The molecule has 0 aliphatic carbocycles. The van der Waals surface area contributed by atoms with Crippen molar-refractivity contribution < 1.29 is 14.5 Å². The van der Waals surface area contributed by atoms with Gasteiger partial charge in [-0.25, -0.2) is 0 Å². The predicted octanol–water partition coefficient (Wildman–Crippen LogP) is 3.57. The topological polar surface area (TPSA) is 72.7 Å². The van der Waals surface area contributed by atoms with Crippen molar-refractivity contribution in [3.05, 3.63) is 56.3 Å². The Morgan fingerprint density at radius 2 is 2.12 bits per heavy atom. The second-order valence-electron chi connectivity index (χ2n) is 5.60. The number of hydrogen-bond donors (Lipinski definition) is 0. The molecule has 0 fully saturated rings. The number of ether oxygens (including phenoxy) is 1. The molecule has 0 radical (unpaired) electrons. The Morgan fingerprint density at radius 1 is 1.38 bits per heavy atom. The summed E-state index contributed by atoms with van der Waals surface area (Å²) in [5.74, 6) is 0.396. The van der Waals surface area contributed by atoms with Crippen molar-refractivity contribution in [2.75, 3.05) is 13.2 Å². The molecule has 1 amide bonds. The predicted molar refractivity (Wildman–Crippen MR) is 91.4 cm³/mol. The molecule has 1 aromatic heterocycles. The Hall–Kier alpha value is -2.41. The number of nitrogens with zero attached hydrogens (tertiary/aromatic N) is 2. The fourth-order valence-electron chi connectivity index (χ4n) is 3.03. The number of carbonyl (C=O) groups excluding carboxylic acids is 1. The summed E-state index contributed by atoms with van der Waals surface area (Å²) in [5.41, 5.74) is 1.25. The zero-order valence-corrected chi connectivity index (χ0v) is 14.1. The first-order valence-corrected chi connectivity index (χ1v) is 8.71. The number of fused-ring (bicyclic) bond motifs is 1. The smallest absolute Gasteiger partial charge is 0.269 e. The van der Waals surface area contributed by atoms with Crippen LogP contribution in [0.3, 0.4) is 0 Å². The molecule has 0 N–H and O–H groups in total. The zero-order chi connectivity index (χ0) is 17.1. The summed E-state index contributed by atoms with van der Waals surface area (Å²) in [6, 6.07) is 7.96. The maximum Gasteiger partial charge on any atom is 0.269 e. The molecule has 7 heteroatoms. The molecule has 0 spiro atoms. The minimum absolute atomic E-state index is 0.000686. The Balaban J connectivity index is 1.63. The monoisotopic (exact) mass is 346 g/mol. The van der Waals surface area contributed by atoms with Gasteiger partial charge in [-0.1, -0.05) is 6.92 Å². The lowest BCUT2D eigenvalue weighted by Gasteiger charge is -2.35. The van der Waals surface area contributed by atoms with E-state index in [9.17, 15) is 14.9 Å².